The van der Waals surface area contributed by atoms with Crippen LogP contribution in [0.15, 0.2) is 0 Å². The lowest BCUT2D eigenvalue weighted by Gasteiger charge is -2.05. The molecule has 4 nitrogen and oxygen atoms in total. The Labute approximate surface area is 68.3 Å². The minimum Gasteiger partial charge on any atom is -0.481 e. The Bertz CT molecular complexity index is 183. The van der Waals surface area contributed by atoms with Crippen LogP contribution in [0.1, 0.15) is 12.8 Å². The van der Waals surface area contributed by atoms with Gasteiger partial charge in [0.25, 0.3) is 0 Å². The molecule has 0 aliphatic carbocycles. The van der Waals surface area contributed by atoms with Crippen molar-refractivity contribution < 1.29 is 14.7 Å². The molecule has 0 aromatic rings. The van der Waals surface area contributed by atoms with Gasteiger partial charge in [-0.05, 0) is 6.42 Å². The molecule has 0 spiro atoms. The summed E-state index contributed by atoms with van der Waals surface area (Å²) in [6.07, 6.45) is 1.27. The van der Waals surface area contributed by atoms with Crippen molar-refractivity contribution in [2.45, 2.75) is 18.2 Å². The first-order valence-corrected chi connectivity index (χ1v) is 4.36. The third kappa shape index (κ3) is 2.80. The quantitative estimate of drug-likeness (QED) is 0.635. The predicted octanol–water partition coefficient (Wildman–Crippen LogP) is 0.0403. The fourth-order valence-corrected chi connectivity index (χ4v) is 1.73. The van der Waals surface area contributed by atoms with E-state index >= 15 is 0 Å². The Balaban J connectivity index is 2.18. The Morgan fingerprint density at radius 3 is 3.00 bits per heavy atom. The number of carboxylic acid groups (broad SMARTS) is 1. The van der Waals surface area contributed by atoms with Gasteiger partial charge in [-0.1, -0.05) is 0 Å². The van der Waals surface area contributed by atoms with Gasteiger partial charge >= 0.3 is 5.97 Å². The lowest BCUT2D eigenvalue weighted by atomic mass is 10.4. The average Bonchev–Trinajstić information content (AvgIpc) is 2.31. The van der Waals surface area contributed by atoms with E-state index in [0.29, 0.717) is 6.42 Å². The van der Waals surface area contributed by atoms with Gasteiger partial charge in [0, 0.05) is 6.42 Å². The molecule has 0 unspecified atom stereocenters. The second-order valence-electron chi connectivity index (χ2n) is 2.30. The van der Waals surface area contributed by atoms with Gasteiger partial charge in [0.05, 0.1) is 11.1 Å². The summed E-state index contributed by atoms with van der Waals surface area (Å²) >= 11 is 1.26. The number of nitrogens with one attached hydrogen (secondary N) is 1. The molecule has 1 heterocycles. The molecule has 1 amide bonds. The smallest absolute Gasteiger partial charge is 0.313 e. The number of carbonyl (C=O) groups is 2. The maximum atomic E-state index is 10.6. The number of aliphatic carboxylic acids is 1. The monoisotopic (exact) mass is 175 g/mol. The lowest BCUT2D eigenvalue weighted by molar-refractivity contribution is -0.134. The van der Waals surface area contributed by atoms with Crippen LogP contribution in [-0.4, -0.2) is 28.1 Å². The molecule has 1 saturated heterocycles. The Hall–Kier alpha value is -0.710. The summed E-state index contributed by atoms with van der Waals surface area (Å²) in [7, 11) is 0. The summed E-state index contributed by atoms with van der Waals surface area (Å²) < 4.78 is 0. The molecule has 62 valence electrons. The van der Waals surface area contributed by atoms with Gasteiger partial charge < -0.3 is 10.4 Å². The molecule has 1 atom stereocenters. The molecule has 0 aromatic carbocycles. The molecule has 5 heteroatoms. The van der Waals surface area contributed by atoms with Crippen LogP contribution in [0.4, 0.5) is 0 Å². The average molecular weight is 175 g/mol. The van der Waals surface area contributed by atoms with Crippen molar-refractivity contribution in [3.8, 4) is 0 Å². The van der Waals surface area contributed by atoms with Crippen molar-refractivity contribution in [2.24, 2.45) is 0 Å². The highest BCUT2D eigenvalue weighted by Crippen LogP contribution is 2.18. The topological polar surface area (TPSA) is 66.4 Å². The number of hydrogen-bond acceptors (Lipinski definition) is 3. The van der Waals surface area contributed by atoms with Gasteiger partial charge in [-0.15, -0.1) is 11.8 Å². The molecular formula is C6H9NO3S. The summed E-state index contributed by atoms with van der Waals surface area (Å²) in [5.74, 6) is -0.755. The maximum Gasteiger partial charge on any atom is 0.313 e. The van der Waals surface area contributed by atoms with E-state index < -0.39 is 5.97 Å². The third-order valence-corrected chi connectivity index (χ3v) is 2.53. The van der Waals surface area contributed by atoms with Gasteiger partial charge in [0.1, 0.15) is 0 Å². The van der Waals surface area contributed by atoms with E-state index in [2.05, 4.69) is 5.32 Å². The zero-order valence-corrected chi connectivity index (χ0v) is 6.69. The predicted molar refractivity (Wildman–Crippen MR) is 41.3 cm³/mol. The van der Waals surface area contributed by atoms with Gasteiger partial charge in [-0.25, -0.2) is 0 Å². The highest BCUT2D eigenvalue weighted by atomic mass is 32.2. The van der Waals surface area contributed by atoms with E-state index in [4.69, 9.17) is 5.11 Å². The number of amides is 1. The molecule has 0 saturated carbocycles. The molecule has 11 heavy (non-hydrogen) atoms. The molecule has 2 N–H and O–H groups in total. The maximum absolute atomic E-state index is 10.6. The van der Waals surface area contributed by atoms with Crippen LogP contribution in [0.3, 0.4) is 0 Å². The second-order valence-corrected chi connectivity index (χ2v) is 3.49. The molecule has 1 fully saturated rings. The highest BCUT2D eigenvalue weighted by Gasteiger charge is 2.21. The summed E-state index contributed by atoms with van der Waals surface area (Å²) in [5, 5.41) is 11.0. The largest absolute Gasteiger partial charge is 0.481 e. The van der Waals surface area contributed by atoms with Crippen LogP contribution in [0.5, 0.6) is 0 Å². The molecule has 0 bridgehead atoms. The minimum atomic E-state index is -0.837. The van der Waals surface area contributed by atoms with E-state index in [1.165, 1.54) is 11.8 Å². The first-order valence-electron chi connectivity index (χ1n) is 3.31. The van der Waals surface area contributed by atoms with Crippen molar-refractivity contribution in [1.29, 1.82) is 0 Å². The van der Waals surface area contributed by atoms with Crippen LogP contribution >= 0.6 is 11.8 Å². The third-order valence-electron chi connectivity index (χ3n) is 1.36. The normalized spacial score (nSPS) is 23.3. The lowest BCUT2D eigenvalue weighted by Crippen LogP contribution is -2.23. The van der Waals surface area contributed by atoms with Crippen molar-refractivity contribution in [3.05, 3.63) is 0 Å². The van der Waals surface area contributed by atoms with Crippen LogP contribution in [0.25, 0.3) is 0 Å². The first-order chi connectivity index (χ1) is 5.18. The Morgan fingerprint density at radius 2 is 2.55 bits per heavy atom. The van der Waals surface area contributed by atoms with E-state index in [1.54, 1.807) is 0 Å². The number of rotatable bonds is 3. The molecule has 1 rings (SSSR count). The SMILES string of the molecule is O=C(O)CS[C@H]1CCC(=O)N1. The summed E-state index contributed by atoms with van der Waals surface area (Å²) in [6.45, 7) is 0. The molecule has 1 aliphatic heterocycles. The first kappa shape index (κ1) is 8.39. The second kappa shape index (κ2) is 3.61. The fraction of sp³-hybridized carbons (Fsp3) is 0.667. The van der Waals surface area contributed by atoms with E-state index in [0.717, 1.165) is 6.42 Å². The van der Waals surface area contributed by atoms with Crippen molar-refractivity contribution in [2.75, 3.05) is 5.75 Å². The molecule has 1 aliphatic rings. The van der Waals surface area contributed by atoms with Gasteiger partial charge in [-0.3, -0.25) is 9.59 Å². The Morgan fingerprint density at radius 1 is 1.82 bits per heavy atom. The van der Waals surface area contributed by atoms with E-state index in [9.17, 15) is 9.59 Å². The standard InChI is InChI=1S/C6H9NO3S/c8-4-1-2-5(7-4)11-3-6(9)10/h5H,1-3H2,(H,7,8)(H,9,10)/t5-/m0/s1. The molecular weight excluding hydrogens is 166 g/mol. The van der Waals surface area contributed by atoms with Crippen LogP contribution in [0, 0.1) is 0 Å². The summed E-state index contributed by atoms with van der Waals surface area (Å²) in [5.41, 5.74) is 0. The zero-order chi connectivity index (χ0) is 8.27. The Kier molecular flexibility index (Phi) is 2.76. The van der Waals surface area contributed by atoms with Crippen LogP contribution < -0.4 is 5.32 Å². The van der Waals surface area contributed by atoms with Gasteiger partial charge in [0.15, 0.2) is 0 Å². The summed E-state index contributed by atoms with van der Waals surface area (Å²) in [4.78, 5) is 20.7. The van der Waals surface area contributed by atoms with Gasteiger partial charge in [-0.2, -0.15) is 0 Å². The number of carbonyl (C=O) groups excluding carboxylic acids is 1. The highest BCUT2D eigenvalue weighted by molar-refractivity contribution is 8.00. The minimum absolute atomic E-state index is 0.0126. The number of thioether (sulfide) groups is 1. The van der Waals surface area contributed by atoms with Gasteiger partial charge in [0.2, 0.25) is 5.91 Å². The number of hydrogen-bond donors (Lipinski definition) is 2. The van der Waals surface area contributed by atoms with Crippen LogP contribution in [0.2, 0.25) is 0 Å². The van der Waals surface area contributed by atoms with Crippen molar-refractivity contribution in [3.63, 3.8) is 0 Å². The van der Waals surface area contributed by atoms with E-state index in [1.807, 2.05) is 0 Å². The molecule has 0 radical (unpaired) electrons. The van der Waals surface area contributed by atoms with E-state index in [-0.39, 0.29) is 17.0 Å². The molecule has 0 aromatic heterocycles. The zero-order valence-electron chi connectivity index (χ0n) is 5.87. The van der Waals surface area contributed by atoms with Crippen LogP contribution in [-0.2, 0) is 9.59 Å². The fourth-order valence-electron chi connectivity index (χ4n) is 0.883. The summed E-state index contributed by atoms with van der Waals surface area (Å²) in [6, 6.07) is 0. The van der Waals surface area contributed by atoms with Crippen molar-refractivity contribution in [1.82, 2.24) is 5.32 Å². The number of carboxylic acids is 1. The van der Waals surface area contributed by atoms with Crippen molar-refractivity contribution >= 4 is 23.6 Å².